The molecular weight excluding hydrogens is 303 g/mol. The molecule has 0 aliphatic rings. The number of carbonyl (C=O) groups is 1. The Morgan fingerprint density at radius 1 is 1.05 bits per heavy atom. The second-order valence-electron chi connectivity index (χ2n) is 5.22. The predicted molar refractivity (Wildman–Crippen MR) is 77.3 cm³/mol. The van der Waals surface area contributed by atoms with Gasteiger partial charge in [0.2, 0.25) is 0 Å². The van der Waals surface area contributed by atoms with Gasteiger partial charge in [0.25, 0.3) is 0 Å². The molecule has 0 spiro atoms. The molecule has 21 heavy (non-hydrogen) atoms. The average Bonchev–Trinajstić information content (AvgIpc) is 2.29. The molecule has 0 heterocycles. The number of rotatable bonds is 12. The third kappa shape index (κ3) is 18.3. The minimum atomic E-state index is -4.35. The predicted octanol–water partition coefficient (Wildman–Crippen LogP) is -0.00190. The molecule has 0 bridgehead atoms. The zero-order valence-electron chi connectivity index (χ0n) is 13.6. The maximum atomic E-state index is 10.9. The third-order valence-corrected chi connectivity index (χ3v) is 3.88. The summed E-state index contributed by atoms with van der Waals surface area (Å²) in [5, 5.41) is 0. The Morgan fingerprint density at radius 2 is 1.52 bits per heavy atom. The summed E-state index contributed by atoms with van der Waals surface area (Å²) >= 11 is 0. The van der Waals surface area contributed by atoms with Crippen LogP contribution in [0.4, 0.5) is 0 Å². The van der Waals surface area contributed by atoms with E-state index in [1.807, 2.05) is 0 Å². The molecule has 0 aliphatic carbocycles. The number of hydrogen-bond donors (Lipinski definition) is 0. The van der Waals surface area contributed by atoms with E-state index in [-0.39, 0.29) is 29.6 Å². The van der Waals surface area contributed by atoms with Crippen LogP contribution in [0.25, 0.3) is 0 Å². The normalized spacial score (nSPS) is 12.5. The van der Waals surface area contributed by atoms with Crippen LogP contribution in [0, 0.1) is 0 Å². The van der Waals surface area contributed by atoms with E-state index in [9.17, 15) is 17.8 Å². The number of ether oxygens (including phenoxy) is 1. The quantitative estimate of drug-likeness (QED) is 0.218. The molecule has 0 fully saturated rings. The molecular formula is C14H27NaO5S. The van der Waals surface area contributed by atoms with E-state index in [4.69, 9.17) is 4.74 Å². The third-order valence-electron chi connectivity index (χ3n) is 3.10. The van der Waals surface area contributed by atoms with E-state index in [0.29, 0.717) is 6.42 Å². The van der Waals surface area contributed by atoms with Gasteiger partial charge in [-0.2, -0.15) is 0 Å². The maximum absolute atomic E-state index is 10.9. The Labute approximate surface area is 151 Å². The second kappa shape index (κ2) is 14.0. The SMILES string of the molecule is CCCCCCCCCCC(CS(=O)(=O)[O-])OC(C)=O.[Na+]. The summed E-state index contributed by atoms with van der Waals surface area (Å²) in [6, 6.07) is 0. The molecule has 1 atom stereocenters. The fourth-order valence-corrected chi connectivity index (χ4v) is 2.83. The first-order chi connectivity index (χ1) is 9.35. The van der Waals surface area contributed by atoms with Gasteiger partial charge in [0.1, 0.15) is 6.10 Å². The molecule has 0 aromatic carbocycles. The Balaban J connectivity index is 0. The van der Waals surface area contributed by atoms with E-state index >= 15 is 0 Å². The fourth-order valence-electron chi connectivity index (χ4n) is 2.14. The summed E-state index contributed by atoms with van der Waals surface area (Å²) < 4.78 is 37.0. The summed E-state index contributed by atoms with van der Waals surface area (Å²) in [5.41, 5.74) is 0. The molecule has 0 aromatic heterocycles. The Morgan fingerprint density at radius 3 is 1.95 bits per heavy atom. The van der Waals surface area contributed by atoms with Crippen molar-refractivity contribution in [3.05, 3.63) is 0 Å². The van der Waals surface area contributed by atoms with Crippen LogP contribution in [0.5, 0.6) is 0 Å². The average molecular weight is 330 g/mol. The van der Waals surface area contributed by atoms with Crippen LogP contribution in [0.15, 0.2) is 0 Å². The summed E-state index contributed by atoms with van der Waals surface area (Å²) in [7, 11) is -4.35. The molecule has 0 aromatic rings. The topological polar surface area (TPSA) is 83.5 Å². The van der Waals surface area contributed by atoms with Crippen LogP contribution in [0.1, 0.15) is 71.6 Å². The van der Waals surface area contributed by atoms with Crippen molar-refractivity contribution in [1.29, 1.82) is 0 Å². The van der Waals surface area contributed by atoms with Crippen molar-refractivity contribution in [3.8, 4) is 0 Å². The first kappa shape index (κ1) is 23.6. The Kier molecular flexibility index (Phi) is 15.8. The fraction of sp³-hybridized carbons (Fsp3) is 0.929. The maximum Gasteiger partial charge on any atom is 1.00 e. The van der Waals surface area contributed by atoms with E-state index < -0.39 is 27.9 Å². The minimum absolute atomic E-state index is 0. The molecule has 120 valence electrons. The molecule has 0 amide bonds. The summed E-state index contributed by atoms with van der Waals surface area (Å²) in [5.74, 6) is -1.17. The first-order valence-corrected chi connectivity index (χ1v) is 9.03. The van der Waals surface area contributed by atoms with E-state index in [2.05, 4.69) is 6.92 Å². The molecule has 0 N–H and O–H groups in total. The molecule has 0 radical (unpaired) electrons. The summed E-state index contributed by atoms with van der Waals surface area (Å²) in [6.45, 7) is 3.40. The van der Waals surface area contributed by atoms with E-state index in [0.717, 1.165) is 19.3 Å². The van der Waals surface area contributed by atoms with Crippen molar-refractivity contribution in [2.75, 3.05) is 5.75 Å². The zero-order valence-corrected chi connectivity index (χ0v) is 16.4. The van der Waals surface area contributed by atoms with Gasteiger partial charge < -0.3 is 9.29 Å². The van der Waals surface area contributed by atoms with Gasteiger partial charge in [0, 0.05) is 6.92 Å². The zero-order chi connectivity index (χ0) is 15.4. The smallest absolute Gasteiger partial charge is 0.748 e. The van der Waals surface area contributed by atoms with Gasteiger partial charge in [-0.3, -0.25) is 4.79 Å². The molecule has 5 nitrogen and oxygen atoms in total. The van der Waals surface area contributed by atoms with Gasteiger partial charge >= 0.3 is 35.5 Å². The van der Waals surface area contributed by atoms with Crippen molar-refractivity contribution in [2.24, 2.45) is 0 Å². The van der Waals surface area contributed by atoms with E-state index in [1.54, 1.807) is 0 Å². The van der Waals surface area contributed by atoms with Crippen LogP contribution in [-0.2, 0) is 19.6 Å². The molecule has 0 saturated heterocycles. The van der Waals surface area contributed by atoms with Crippen LogP contribution >= 0.6 is 0 Å². The monoisotopic (exact) mass is 330 g/mol. The van der Waals surface area contributed by atoms with Gasteiger partial charge in [-0.15, -0.1) is 0 Å². The van der Waals surface area contributed by atoms with Crippen molar-refractivity contribution < 1.29 is 52.1 Å². The van der Waals surface area contributed by atoms with Crippen LogP contribution in [-0.4, -0.2) is 30.8 Å². The molecule has 0 rings (SSSR count). The molecule has 1 unspecified atom stereocenters. The Bertz CT molecular complexity index is 356. The van der Waals surface area contributed by atoms with Crippen molar-refractivity contribution >= 4 is 16.1 Å². The first-order valence-electron chi connectivity index (χ1n) is 7.46. The van der Waals surface area contributed by atoms with Gasteiger partial charge in [0.05, 0.1) is 15.9 Å². The number of hydrogen-bond acceptors (Lipinski definition) is 5. The number of esters is 1. The second-order valence-corrected chi connectivity index (χ2v) is 6.67. The van der Waals surface area contributed by atoms with Crippen LogP contribution < -0.4 is 29.6 Å². The van der Waals surface area contributed by atoms with Gasteiger partial charge in [-0.1, -0.05) is 51.9 Å². The van der Waals surface area contributed by atoms with E-state index in [1.165, 1.54) is 39.0 Å². The standard InChI is InChI=1S/C14H28O5S.Na/c1-3-4-5-6-7-8-9-10-11-14(19-13(2)15)12-20(16,17)18;/h14H,3-12H2,1-2H3,(H,16,17,18);/q;+1/p-1. The number of carbonyl (C=O) groups excluding carboxylic acids is 1. The van der Waals surface area contributed by atoms with Crippen molar-refractivity contribution in [2.45, 2.75) is 77.7 Å². The summed E-state index contributed by atoms with van der Waals surface area (Å²) in [4.78, 5) is 10.9. The van der Waals surface area contributed by atoms with Crippen LogP contribution in [0.2, 0.25) is 0 Å². The largest absolute Gasteiger partial charge is 1.00 e. The summed E-state index contributed by atoms with van der Waals surface area (Å²) in [6.07, 6.45) is 8.68. The van der Waals surface area contributed by atoms with Crippen molar-refractivity contribution in [3.63, 3.8) is 0 Å². The van der Waals surface area contributed by atoms with Gasteiger partial charge in [-0.25, -0.2) is 8.42 Å². The molecule has 0 aliphatic heterocycles. The van der Waals surface area contributed by atoms with Gasteiger partial charge in [0.15, 0.2) is 0 Å². The number of unbranched alkanes of at least 4 members (excludes halogenated alkanes) is 7. The minimum Gasteiger partial charge on any atom is -0.748 e. The van der Waals surface area contributed by atoms with Gasteiger partial charge in [-0.05, 0) is 12.8 Å². The molecule has 7 heteroatoms. The Hall–Kier alpha value is 0.380. The molecule has 0 saturated carbocycles. The van der Waals surface area contributed by atoms with Crippen LogP contribution in [0.3, 0.4) is 0 Å². The van der Waals surface area contributed by atoms with Crippen molar-refractivity contribution in [1.82, 2.24) is 0 Å².